The van der Waals surface area contributed by atoms with Gasteiger partial charge in [0.15, 0.2) is 5.13 Å². The molecule has 2 aliphatic rings. The molecule has 0 saturated carbocycles. The van der Waals surface area contributed by atoms with Gasteiger partial charge in [-0.05, 0) is 19.8 Å². The van der Waals surface area contributed by atoms with E-state index in [2.05, 4.69) is 9.88 Å². The third-order valence-electron chi connectivity index (χ3n) is 4.68. The van der Waals surface area contributed by atoms with Crippen molar-refractivity contribution in [3.63, 3.8) is 0 Å². The van der Waals surface area contributed by atoms with Gasteiger partial charge in [-0.3, -0.25) is 9.69 Å². The standard InChI is InChI=1S/C15H21F3N4OS/c1-11(13(23)21-4-2-3-5-21)20-6-8-22(9-7-20)14-19-10-12(24-14)15(16,17)18/h10-11H,2-9H2,1H3. The van der Waals surface area contributed by atoms with Crippen molar-refractivity contribution in [2.45, 2.75) is 32.0 Å². The molecule has 5 nitrogen and oxygen atoms in total. The molecule has 0 N–H and O–H groups in total. The summed E-state index contributed by atoms with van der Waals surface area (Å²) in [5.74, 6) is 0.162. The monoisotopic (exact) mass is 362 g/mol. The van der Waals surface area contributed by atoms with E-state index in [0.29, 0.717) is 42.6 Å². The molecule has 2 saturated heterocycles. The quantitative estimate of drug-likeness (QED) is 0.827. The van der Waals surface area contributed by atoms with E-state index >= 15 is 0 Å². The van der Waals surface area contributed by atoms with E-state index in [1.165, 1.54) is 0 Å². The fraction of sp³-hybridized carbons (Fsp3) is 0.733. The van der Waals surface area contributed by atoms with E-state index in [9.17, 15) is 18.0 Å². The molecule has 3 heterocycles. The van der Waals surface area contributed by atoms with Crippen molar-refractivity contribution in [1.82, 2.24) is 14.8 Å². The molecule has 9 heteroatoms. The van der Waals surface area contributed by atoms with Crippen molar-refractivity contribution in [3.8, 4) is 0 Å². The molecule has 1 unspecified atom stereocenters. The van der Waals surface area contributed by atoms with Crippen molar-refractivity contribution in [2.24, 2.45) is 0 Å². The highest BCUT2D eigenvalue weighted by Gasteiger charge is 2.35. The van der Waals surface area contributed by atoms with Crippen LogP contribution in [0.25, 0.3) is 0 Å². The maximum atomic E-state index is 12.7. The lowest BCUT2D eigenvalue weighted by atomic mass is 10.2. The van der Waals surface area contributed by atoms with Gasteiger partial charge in [-0.1, -0.05) is 11.3 Å². The summed E-state index contributed by atoms with van der Waals surface area (Å²) < 4.78 is 38.0. The van der Waals surface area contributed by atoms with E-state index in [-0.39, 0.29) is 11.9 Å². The minimum Gasteiger partial charge on any atom is -0.346 e. The van der Waals surface area contributed by atoms with Gasteiger partial charge in [0.05, 0.1) is 12.2 Å². The summed E-state index contributed by atoms with van der Waals surface area (Å²) in [6.45, 7) is 6.07. The Labute approximate surface area is 143 Å². The van der Waals surface area contributed by atoms with Crippen LogP contribution in [0.4, 0.5) is 18.3 Å². The Morgan fingerprint density at radius 1 is 1.17 bits per heavy atom. The third kappa shape index (κ3) is 3.66. The number of carbonyl (C=O) groups is 1. The first-order valence-corrected chi connectivity index (χ1v) is 8.99. The number of nitrogens with zero attached hydrogens (tertiary/aromatic N) is 4. The molecule has 0 radical (unpaired) electrons. The Kier molecular flexibility index (Phi) is 5.00. The molecule has 1 aromatic rings. The summed E-state index contributed by atoms with van der Waals surface area (Å²) in [5, 5.41) is 0.403. The lowest BCUT2D eigenvalue weighted by molar-refractivity contribution is -0.135. The van der Waals surface area contributed by atoms with Crippen LogP contribution in [0.2, 0.25) is 0 Å². The maximum absolute atomic E-state index is 12.7. The van der Waals surface area contributed by atoms with Gasteiger partial charge in [0.1, 0.15) is 4.88 Å². The SMILES string of the molecule is CC(C(=O)N1CCCC1)N1CCN(c2ncc(C(F)(F)F)s2)CC1. The molecule has 0 aliphatic carbocycles. The molecule has 2 aliphatic heterocycles. The third-order valence-corrected chi connectivity index (χ3v) is 5.78. The number of thiazole rings is 1. The van der Waals surface area contributed by atoms with Crippen LogP contribution in [0.1, 0.15) is 24.6 Å². The number of anilines is 1. The van der Waals surface area contributed by atoms with Crippen LogP contribution < -0.4 is 4.90 Å². The average Bonchev–Trinajstić information content (AvgIpc) is 3.24. The minimum absolute atomic E-state index is 0.162. The van der Waals surface area contributed by atoms with Crippen LogP contribution in [0, 0.1) is 0 Å². The second-order valence-corrected chi connectivity index (χ2v) is 7.25. The van der Waals surface area contributed by atoms with Crippen LogP contribution in [0.15, 0.2) is 6.20 Å². The molecule has 0 spiro atoms. The summed E-state index contributed by atoms with van der Waals surface area (Å²) in [7, 11) is 0. The van der Waals surface area contributed by atoms with Crippen LogP contribution in [-0.2, 0) is 11.0 Å². The smallest absolute Gasteiger partial charge is 0.346 e. The molecule has 0 bridgehead atoms. The van der Waals surface area contributed by atoms with Crippen molar-refractivity contribution in [2.75, 3.05) is 44.2 Å². The predicted molar refractivity (Wildman–Crippen MR) is 86.2 cm³/mol. The number of halogens is 3. The van der Waals surface area contributed by atoms with Crippen molar-refractivity contribution in [3.05, 3.63) is 11.1 Å². The highest BCUT2D eigenvalue weighted by molar-refractivity contribution is 7.15. The van der Waals surface area contributed by atoms with Gasteiger partial charge >= 0.3 is 6.18 Å². The first-order chi connectivity index (χ1) is 11.4. The van der Waals surface area contributed by atoms with Gasteiger partial charge in [0, 0.05) is 39.3 Å². The van der Waals surface area contributed by atoms with Gasteiger partial charge in [0.2, 0.25) is 5.91 Å². The van der Waals surface area contributed by atoms with Gasteiger partial charge < -0.3 is 9.80 Å². The molecule has 0 aromatic carbocycles. The summed E-state index contributed by atoms with van der Waals surface area (Å²) in [5.41, 5.74) is 0. The number of piperazine rings is 1. The first-order valence-electron chi connectivity index (χ1n) is 8.17. The van der Waals surface area contributed by atoms with E-state index in [0.717, 1.165) is 32.1 Å². The number of hydrogen-bond acceptors (Lipinski definition) is 5. The fourth-order valence-corrected chi connectivity index (χ4v) is 4.04. The zero-order valence-electron chi connectivity index (χ0n) is 13.6. The largest absolute Gasteiger partial charge is 0.427 e. The van der Waals surface area contributed by atoms with Gasteiger partial charge in [-0.2, -0.15) is 13.2 Å². The van der Waals surface area contributed by atoms with Crippen molar-refractivity contribution >= 4 is 22.4 Å². The van der Waals surface area contributed by atoms with Gasteiger partial charge in [-0.15, -0.1) is 0 Å². The number of rotatable bonds is 3. The number of likely N-dealkylation sites (tertiary alicyclic amines) is 1. The van der Waals surface area contributed by atoms with Crippen LogP contribution in [-0.4, -0.2) is 66.0 Å². The second kappa shape index (κ2) is 6.87. The summed E-state index contributed by atoms with van der Waals surface area (Å²) >= 11 is 0.679. The van der Waals surface area contributed by atoms with Gasteiger partial charge in [-0.25, -0.2) is 4.98 Å². The van der Waals surface area contributed by atoms with Crippen LogP contribution >= 0.6 is 11.3 Å². The molecule has 24 heavy (non-hydrogen) atoms. The Bertz CT molecular complexity index is 578. The normalized spacial score (nSPS) is 21.3. The first kappa shape index (κ1) is 17.5. The topological polar surface area (TPSA) is 39.7 Å². The van der Waals surface area contributed by atoms with Crippen LogP contribution in [0.3, 0.4) is 0 Å². The number of hydrogen-bond donors (Lipinski definition) is 0. The molecular weight excluding hydrogens is 341 g/mol. The van der Waals surface area contributed by atoms with Crippen molar-refractivity contribution in [1.29, 1.82) is 0 Å². The number of alkyl halides is 3. The zero-order valence-corrected chi connectivity index (χ0v) is 14.4. The van der Waals surface area contributed by atoms with E-state index in [4.69, 9.17) is 0 Å². The van der Waals surface area contributed by atoms with Crippen molar-refractivity contribution < 1.29 is 18.0 Å². The molecule has 1 atom stereocenters. The Morgan fingerprint density at radius 3 is 2.33 bits per heavy atom. The molecular formula is C15H21F3N4OS. The summed E-state index contributed by atoms with van der Waals surface area (Å²) in [4.78, 5) is 21.6. The molecule has 3 rings (SSSR count). The van der Waals surface area contributed by atoms with E-state index in [1.807, 2.05) is 16.7 Å². The molecule has 134 valence electrons. The summed E-state index contributed by atoms with van der Waals surface area (Å²) in [6, 6.07) is -0.174. The Morgan fingerprint density at radius 2 is 1.79 bits per heavy atom. The Balaban J connectivity index is 1.55. The highest BCUT2D eigenvalue weighted by Crippen LogP contribution is 2.36. The minimum atomic E-state index is -4.34. The zero-order chi connectivity index (χ0) is 17.3. The van der Waals surface area contributed by atoms with E-state index in [1.54, 1.807) is 0 Å². The number of aromatic nitrogens is 1. The molecule has 1 amide bonds. The lowest BCUT2D eigenvalue weighted by Gasteiger charge is -2.38. The predicted octanol–water partition coefficient (Wildman–Crippen LogP) is 2.29. The number of carbonyl (C=O) groups excluding carboxylic acids is 1. The van der Waals surface area contributed by atoms with Gasteiger partial charge in [0.25, 0.3) is 0 Å². The van der Waals surface area contributed by atoms with Crippen LogP contribution in [0.5, 0.6) is 0 Å². The summed E-state index contributed by atoms with van der Waals surface area (Å²) in [6.07, 6.45) is -1.31. The second-order valence-electron chi connectivity index (χ2n) is 6.24. The number of amides is 1. The fourth-order valence-electron chi connectivity index (χ4n) is 3.20. The maximum Gasteiger partial charge on any atom is 0.427 e. The molecule has 2 fully saturated rings. The Hall–Kier alpha value is -1.35. The highest BCUT2D eigenvalue weighted by atomic mass is 32.1. The average molecular weight is 362 g/mol. The molecule has 1 aromatic heterocycles. The van der Waals surface area contributed by atoms with E-state index < -0.39 is 11.1 Å². The lowest BCUT2D eigenvalue weighted by Crippen LogP contribution is -2.54.